The molecular formula is C43H49NO7SSi. The molecule has 0 aromatic heterocycles. The lowest BCUT2D eigenvalue weighted by Gasteiger charge is -2.40. The number of nitrogens with zero attached hydrogens (tertiary/aromatic N) is 1. The van der Waals surface area contributed by atoms with Crippen molar-refractivity contribution in [2.24, 2.45) is 5.16 Å². The number of hydrogen-bond acceptors (Lipinski definition) is 8. The second kappa shape index (κ2) is 19.1. The minimum atomic E-state index is -3.83. The highest BCUT2D eigenvalue weighted by Gasteiger charge is 2.53. The zero-order valence-corrected chi connectivity index (χ0v) is 32.6. The number of benzene rings is 5. The van der Waals surface area contributed by atoms with Crippen LogP contribution in [-0.4, -0.2) is 54.1 Å². The van der Waals surface area contributed by atoms with Gasteiger partial charge in [-0.15, -0.1) is 5.16 Å². The molecule has 0 aliphatic rings. The first-order valence-corrected chi connectivity index (χ1v) is 21.4. The fourth-order valence-corrected chi connectivity index (χ4v) is 10.6. The first-order valence-electron chi connectivity index (χ1n) is 17.7. The van der Waals surface area contributed by atoms with Gasteiger partial charge in [-0.3, -0.25) is 4.18 Å². The molecule has 278 valence electrons. The van der Waals surface area contributed by atoms with Gasteiger partial charge in [-0.05, 0) is 27.1 Å². The quantitative estimate of drug-likeness (QED) is 0.0379. The van der Waals surface area contributed by atoms with Gasteiger partial charge in [-0.25, -0.2) is 0 Å². The molecule has 0 fully saturated rings. The summed E-state index contributed by atoms with van der Waals surface area (Å²) in [5, 5.41) is 6.59. The monoisotopic (exact) mass is 751 g/mol. The van der Waals surface area contributed by atoms with Crippen LogP contribution >= 0.6 is 0 Å². The minimum absolute atomic E-state index is 0.185. The Balaban J connectivity index is 1.57. The zero-order valence-electron chi connectivity index (χ0n) is 30.8. The van der Waals surface area contributed by atoms with Gasteiger partial charge < -0.3 is 18.7 Å². The Labute approximate surface area is 315 Å². The topological polar surface area (TPSA) is 92.6 Å². The van der Waals surface area contributed by atoms with Crippen molar-refractivity contribution in [2.75, 3.05) is 12.9 Å². The molecule has 53 heavy (non-hydrogen) atoms. The number of ether oxygens (including phenoxy) is 3. The Morgan fingerprint density at radius 3 is 1.42 bits per heavy atom. The molecule has 0 amide bonds. The van der Waals surface area contributed by atoms with E-state index >= 15 is 0 Å². The summed E-state index contributed by atoms with van der Waals surface area (Å²) >= 11 is 0. The molecule has 5 aromatic rings. The van der Waals surface area contributed by atoms with Gasteiger partial charge in [0.25, 0.3) is 10.1 Å². The van der Waals surface area contributed by atoms with Crippen molar-refractivity contribution in [3.8, 4) is 0 Å². The largest absolute Gasteiger partial charge is 0.443 e. The van der Waals surface area contributed by atoms with Crippen LogP contribution in [-0.2, 0) is 52.9 Å². The second-order valence-corrected chi connectivity index (χ2v) is 19.7. The lowest BCUT2D eigenvalue weighted by molar-refractivity contribution is -0.141. The fourth-order valence-electron chi connectivity index (χ4n) is 6.17. The predicted octanol–water partition coefficient (Wildman–Crippen LogP) is 7.28. The van der Waals surface area contributed by atoms with E-state index in [1.165, 1.54) is 0 Å². The van der Waals surface area contributed by atoms with Crippen molar-refractivity contribution in [1.29, 1.82) is 0 Å². The first kappa shape index (κ1) is 39.8. The standard InChI is InChI=1S/C43H49NO7SSi/c1-43(2,3)53(38-26-16-8-17-27-38,39-28-18-9-19-29-39)51-44-30-40(47-31-35-20-10-5-11-21-35)42(49-33-37-24-14-7-15-25-37)41(34-50-52(4,45)46)48-32-36-22-12-6-13-23-36/h5-30,40-42H,31-34H2,1-4H3/b44-30+/t40-,41-,42-/m1/s1. The Morgan fingerprint density at radius 1 is 0.604 bits per heavy atom. The SMILES string of the molecule is CC(C)(C)[Si](O/N=C/[C@@H](OCc1ccccc1)[C@@H](OCc1ccccc1)[C@@H](COS(C)(=O)=O)OCc1ccccc1)(c1ccccc1)c1ccccc1. The Bertz CT molecular complexity index is 1890. The lowest BCUT2D eigenvalue weighted by Crippen LogP contribution is -2.65. The van der Waals surface area contributed by atoms with Crippen LogP contribution in [0.4, 0.5) is 0 Å². The van der Waals surface area contributed by atoms with Gasteiger partial charge in [-0.1, -0.05) is 172 Å². The van der Waals surface area contributed by atoms with Gasteiger partial charge in [0.15, 0.2) is 0 Å². The van der Waals surface area contributed by atoms with E-state index in [0.29, 0.717) is 0 Å². The van der Waals surface area contributed by atoms with E-state index in [4.69, 9.17) is 28.1 Å². The van der Waals surface area contributed by atoms with Crippen LogP contribution in [0.1, 0.15) is 37.5 Å². The van der Waals surface area contributed by atoms with Gasteiger partial charge in [0.05, 0.1) is 38.9 Å². The van der Waals surface area contributed by atoms with Crippen LogP contribution in [0.15, 0.2) is 157 Å². The van der Waals surface area contributed by atoms with Gasteiger partial charge >= 0.3 is 8.32 Å². The maximum atomic E-state index is 12.3. The number of oxime groups is 1. The van der Waals surface area contributed by atoms with Crippen molar-refractivity contribution < 1.29 is 31.3 Å². The van der Waals surface area contributed by atoms with Crippen molar-refractivity contribution in [3.63, 3.8) is 0 Å². The van der Waals surface area contributed by atoms with E-state index in [0.717, 1.165) is 33.3 Å². The smallest absolute Gasteiger partial charge is 0.354 e. The Morgan fingerprint density at radius 2 is 1.00 bits per heavy atom. The van der Waals surface area contributed by atoms with Crippen LogP contribution in [0.5, 0.6) is 0 Å². The van der Waals surface area contributed by atoms with Gasteiger partial charge in [-0.2, -0.15) is 8.42 Å². The highest BCUT2D eigenvalue weighted by molar-refractivity contribution is 7.85. The number of hydrogen-bond donors (Lipinski definition) is 0. The molecule has 0 saturated heterocycles. The lowest BCUT2D eigenvalue weighted by atomic mass is 10.1. The van der Waals surface area contributed by atoms with Gasteiger partial charge in [0, 0.05) is 5.04 Å². The van der Waals surface area contributed by atoms with E-state index in [9.17, 15) is 8.42 Å². The summed E-state index contributed by atoms with van der Waals surface area (Å²) in [5.41, 5.74) is 2.77. The van der Waals surface area contributed by atoms with E-state index in [2.05, 4.69) is 45.0 Å². The molecule has 0 heterocycles. The van der Waals surface area contributed by atoms with Gasteiger partial charge in [0.2, 0.25) is 0 Å². The Hall–Kier alpha value is -4.42. The van der Waals surface area contributed by atoms with Crippen molar-refractivity contribution in [3.05, 3.63) is 168 Å². The molecule has 0 N–H and O–H groups in total. The normalized spacial score (nSPS) is 14.1. The fraction of sp³-hybridized carbons (Fsp3) is 0.279. The molecule has 0 radical (unpaired) electrons. The van der Waals surface area contributed by atoms with Crippen LogP contribution in [0, 0.1) is 0 Å². The maximum Gasteiger partial charge on any atom is 0.354 e. The summed E-state index contributed by atoms with van der Waals surface area (Å²) < 4.78 is 56.7. The molecule has 3 atom stereocenters. The molecule has 0 saturated carbocycles. The number of rotatable bonds is 19. The van der Waals surface area contributed by atoms with E-state index in [1.807, 2.05) is 127 Å². The Kier molecular flexibility index (Phi) is 14.3. The first-order chi connectivity index (χ1) is 25.5. The molecule has 0 unspecified atom stereocenters. The molecule has 0 aliphatic heterocycles. The van der Waals surface area contributed by atoms with Crippen molar-refractivity contribution in [1.82, 2.24) is 0 Å². The third-order valence-electron chi connectivity index (χ3n) is 8.83. The maximum absolute atomic E-state index is 12.3. The summed E-state index contributed by atoms with van der Waals surface area (Å²) in [6.45, 7) is 6.84. The molecule has 8 nitrogen and oxygen atoms in total. The molecule has 0 bridgehead atoms. The predicted molar refractivity (Wildman–Crippen MR) is 213 cm³/mol. The molecule has 5 aromatic carbocycles. The average molecular weight is 752 g/mol. The third-order valence-corrected chi connectivity index (χ3v) is 14.2. The summed E-state index contributed by atoms with van der Waals surface area (Å²) in [6.07, 6.45) is 0.00620. The summed E-state index contributed by atoms with van der Waals surface area (Å²) in [6, 6.07) is 49.7. The van der Waals surface area contributed by atoms with Gasteiger partial charge in [0.1, 0.15) is 18.3 Å². The average Bonchev–Trinajstić information content (AvgIpc) is 3.17. The molecule has 10 heteroatoms. The minimum Gasteiger partial charge on any atom is -0.443 e. The highest BCUT2D eigenvalue weighted by atomic mass is 32.2. The van der Waals surface area contributed by atoms with E-state index < -0.39 is 36.7 Å². The highest BCUT2D eigenvalue weighted by Crippen LogP contribution is 2.37. The second-order valence-electron chi connectivity index (χ2n) is 13.9. The van der Waals surface area contributed by atoms with Crippen LogP contribution in [0.25, 0.3) is 0 Å². The molecule has 5 rings (SSSR count). The third kappa shape index (κ3) is 11.5. The van der Waals surface area contributed by atoms with Crippen LogP contribution < -0.4 is 10.4 Å². The summed E-state index contributed by atoms with van der Waals surface area (Å²) in [7, 11) is -6.89. The zero-order chi connectivity index (χ0) is 37.6. The van der Waals surface area contributed by atoms with Crippen molar-refractivity contribution in [2.45, 2.75) is 63.9 Å². The summed E-state index contributed by atoms with van der Waals surface area (Å²) in [4.78, 5) is 0. The molecular weight excluding hydrogens is 703 g/mol. The summed E-state index contributed by atoms with van der Waals surface area (Å²) in [5.74, 6) is 0. The van der Waals surface area contributed by atoms with Crippen LogP contribution in [0.2, 0.25) is 5.04 Å². The molecule has 0 aliphatic carbocycles. The van der Waals surface area contributed by atoms with E-state index in [-0.39, 0.29) is 31.5 Å². The van der Waals surface area contributed by atoms with E-state index in [1.54, 1.807) is 6.21 Å². The molecule has 0 spiro atoms. The van der Waals surface area contributed by atoms with Crippen molar-refractivity contribution >= 4 is 35.0 Å². The van der Waals surface area contributed by atoms with Crippen LogP contribution in [0.3, 0.4) is 0 Å².